The lowest BCUT2D eigenvalue weighted by Gasteiger charge is -2.14. The van der Waals surface area contributed by atoms with Gasteiger partial charge in [0.25, 0.3) is 0 Å². The molecule has 2 rings (SSSR count). The molecule has 0 saturated carbocycles. The van der Waals surface area contributed by atoms with Crippen molar-refractivity contribution in [1.82, 2.24) is 4.41 Å². The molecule has 5 heteroatoms. The smallest absolute Gasteiger partial charge is 0.136 e. The molecule has 0 saturated heterocycles. The normalized spacial score (nSPS) is 21.7. The summed E-state index contributed by atoms with van der Waals surface area (Å²) < 4.78 is 1.74. The summed E-state index contributed by atoms with van der Waals surface area (Å²) in [5, 5.41) is 7.28. The van der Waals surface area contributed by atoms with Crippen LogP contribution in [0.1, 0.15) is 11.6 Å². The van der Waals surface area contributed by atoms with Crippen molar-refractivity contribution in [3.8, 4) is 0 Å². The van der Waals surface area contributed by atoms with E-state index >= 15 is 0 Å². The van der Waals surface area contributed by atoms with E-state index in [0.717, 1.165) is 5.56 Å². The molecule has 1 aliphatic rings. The zero-order chi connectivity index (χ0) is 10.7. The summed E-state index contributed by atoms with van der Waals surface area (Å²) in [5.74, 6) is 0. The first kappa shape index (κ1) is 10.2. The van der Waals surface area contributed by atoms with E-state index in [0.29, 0.717) is 0 Å². The molecule has 0 bridgehead atoms. The fourth-order valence-corrected chi connectivity index (χ4v) is 2.38. The molecule has 0 spiro atoms. The molecule has 1 heterocycles. The molecule has 0 aromatic heterocycles. The largest absolute Gasteiger partial charge is 0.242 e. The molecule has 0 N–H and O–H groups in total. The lowest BCUT2D eigenvalue weighted by atomic mass is 10.1. The third kappa shape index (κ3) is 2.18. The van der Waals surface area contributed by atoms with Gasteiger partial charge in [-0.15, -0.1) is 0 Å². The Balaban J connectivity index is 2.18. The van der Waals surface area contributed by atoms with E-state index in [1.54, 1.807) is 10.6 Å². The summed E-state index contributed by atoms with van der Waals surface area (Å²) in [7, 11) is 1.86. The van der Waals surface area contributed by atoms with Crippen LogP contribution in [-0.2, 0) is 0 Å². The van der Waals surface area contributed by atoms with Crippen molar-refractivity contribution in [2.75, 3.05) is 7.05 Å². The second-order valence-electron chi connectivity index (χ2n) is 3.26. The van der Waals surface area contributed by atoms with E-state index < -0.39 is 0 Å². The molecule has 0 fully saturated rings. The lowest BCUT2D eigenvalue weighted by molar-refractivity contribution is 0.629. The molecule has 15 heavy (non-hydrogen) atoms. The number of hydrogen-bond acceptors (Lipinski definition) is 5. The Morgan fingerprint density at radius 2 is 2.20 bits per heavy atom. The van der Waals surface area contributed by atoms with E-state index in [9.17, 15) is 4.91 Å². The molecule has 0 amide bonds. The molecular weight excluding hydrogens is 210 g/mol. The van der Waals surface area contributed by atoms with Gasteiger partial charge in [0.1, 0.15) is 6.04 Å². The van der Waals surface area contributed by atoms with Crippen molar-refractivity contribution < 1.29 is 0 Å². The lowest BCUT2D eigenvalue weighted by Crippen LogP contribution is -2.13. The van der Waals surface area contributed by atoms with E-state index in [1.807, 2.05) is 37.4 Å². The van der Waals surface area contributed by atoms with Gasteiger partial charge in [-0.25, -0.2) is 4.41 Å². The average Bonchev–Trinajstić information content (AvgIpc) is 2.68. The Hall–Kier alpha value is -1.36. The SMILES string of the molecule is CN1N=CC(C(N=O)c2ccccc2)S1. The van der Waals surface area contributed by atoms with Gasteiger partial charge in [0, 0.05) is 13.3 Å². The van der Waals surface area contributed by atoms with Crippen molar-refractivity contribution in [2.45, 2.75) is 11.3 Å². The molecular formula is C10H11N3OS. The Bertz CT molecular complexity index is 368. The Morgan fingerprint density at radius 1 is 1.47 bits per heavy atom. The maximum Gasteiger partial charge on any atom is 0.136 e. The van der Waals surface area contributed by atoms with Crippen molar-refractivity contribution in [3.05, 3.63) is 40.8 Å². The van der Waals surface area contributed by atoms with Crippen LogP contribution in [0.15, 0.2) is 40.6 Å². The third-order valence-electron chi connectivity index (χ3n) is 2.22. The van der Waals surface area contributed by atoms with Crippen molar-refractivity contribution >= 4 is 18.2 Å². The molecule has 1 aromatic rings. The number of rotatable bonds is 3. The Morgan fingerprint density at radius 3 is 2.73 bits per heavy atom. The molecule has 1 aliphatic heterocycles. The van der Waals surface area contributed by atoms with Gasteiger partial charge < -0.3 is 0 Å². The number of nitroso groups, excluding NO2 is 1. The van der Waals surface area contributed by atoms with Crippen molar-refractivity contribution in [1.29, 1.82) is 0 Å². The minimum Gasteiger partial charge on any atom is -0.242 e. The highest BCUT2D eigenvalue weighted by atomic mass is 32.2. The maximum atomic E-state index is 10.9. The first-order valence-electron chi connectivity index (χ1n) is 4.63. The van der Waals surface area contributed by atoms with Crippen molar-refractivity contribution in [2.24, 2.45) is 10.3 Å². The Kier molecular flexibility index (Phi) is 3.01. The number of benzene rings is 1. The fourth-order valence-electron chi connectivity index (χ4n) is 1.49. The maximum absolute atomic E-state index is 10.9. The Labute approximate surface area is 92.5 Å². The number of nitrogens with zero attached hydrogens (tertiary/aromatic N) is 3. The van der Waals surface area contributed by atoms with E-state index in [2.05, 4.69) is 10.3 Å². The van der Waals surface area contributed by atoms with Gasteiger partial charge in [-0.2, -0.15) is 10.0 Å². The summed E-state index contributed by atoms with van der Waals surface area (Å²) in [5.41, 5.74) is 0.937. The summed E-state index contributed by atoms with van der Waals surface area (Å²) in [4.78, 5) is 10.9. The van der Waals surface area contributed by atoms with Crippen LogP contribution in [0.5, 0.6) is 0 Å². The minimum absolute atomic E-state index is 0.00917. The van der Waals surface area contributed by atoms with Crippen LogP contribution in [0.3, 0.4) is 0 Å². The number of hydrazone groups is 1. The van der Waals surface area contributed by atoms with Crippen LogP contribution >= 0.6 is 11.9 Å². The van der Waals surface area contributed by atoms with Gasteiger partial charge in [0.05, 0.1) is 5.25 Å². The van der Waals surface area contributed by atoms with Gasteiger partial charge in [-0.05, 0) is 17.5 Å². The molecule has 1 aromatic carbocycles. The van der Waals surface area contributed by atoms with Crippen LogP contribution in [0.25, 0.3) is 0 Å². The molecule has 2 unspecified atom stereocenters. The van der Waals surface area contributed by atoms with Gasteiger partial charge in [0.2, 0.25) is 0 Å². The van der Waals surface area contributed by atoms with Crippen LogP contribution in [0.2, 0.25) is 0 Å². The van der Waals surface area contributed by atoms with E-state index in [1.165, 1.54) is 11.9 Å². The predicted octanol–water partition coefficient (Wildman–Crippen LogP) is 2.44. The second-order valence-corrected chi connectivity index (χ2v) is 4.54. The summed E-state index contributed by atoms with van der Waals surface area (Å²) in [6.07, 6.45) is 1.77. The molecule has 2 atom stereocenters. The standard InChI is InChI=1S/C10H11N3OS/c1-13-11-7-9(15-13)10(12-14)8-5-3-2-4-6-8/h2-7,9-10H,1H3. The first-order chi connectivity index (χ1) is 7.31. The molecule has 78 valence electrons. The van der Waals surface area contributed by atoms with Gasteiger partial charge in [-0.3, -0.25) is 0 Å². The van der Waals surface area contributed by atoms with E-state index in [-0.39, 0.29) is 11.3 Å². The predicted molar refractivity (Wildman–Crippen MR) is 62.6 cm³/mol. The monoisotopic (exact) mass is 221 g/mol. The third-order valence-corrected chi connectivity index (χ3v) is 3.24. The van der Waals surface area contributed by atoms with Gasteiger partial charge >= 0.3 is 0 Å². The zero-order valence-corrected chi connectivity index (χ0v) is 9.09. The molecule has 0 aliphatic carbocycles. The van der Waals surface area contributed by atoms with Crippen LogP contribution in [0, 0.1) is 4.91 Å². The number of hydrogen-bond donors (Lipinski definition) is 0. The summed E-state index contributed by atoms with van der Waals surface area (Å²) in [6, 6.07) is 9.22. The highest BCUT2D eigenvalue weighted by Crippen LogP contribution is 2.33. The summed E-state index contributed by atoms with van der Waals surface area (Å²) >= 11 is 1.51. The highest BCUT2D eigenvalue weighted by Gasteiger charge is 2.28. The molecule has 4 nitrogen and oxygen atoms in total. The van der Waals surface area contributed by atoms with Gasteiger partial charge in [0.15, 0.2) is 0 Å². The van der Waals surface area contributed by atoms with Crippen LogP contribution in [0.4, 0.5) is 0 Å². The van der Waals surface area contributed by atoms with Gasteiger partial charge in [-0.1, -0.05) is 35.5 Å². The second kappa shape index (κ2) is 4.44. The summed E-state index contributed by atoms with van der Waals surface area (Å²) in [6.45, 7) is 0. The van der Waals surface area contributed by atoms with E-state index in [4.69, 9.17) is 0 Å². The quantitative estimate of drug-likeness (QED) is 0.581. The zero-order valence-electron chi connectivity index (χ0n) is 8.28. The first-order valence-corrected chi connectivity index (χ1v) is 5.47. The van der Waals surface area contributed by atoms with Crippen LogP contribution in [-0.4, -0.2) is 22.9 Å². The highest BCUT2D eigenvalue weighted by molar-refractivity contribution is 7.98. The fraction of sp³-hybridized carbons (Fsp3) is 0.300. The molecule has 0 radical (unpaired) electrons. The topological polar surface area (TPSA) is 45.0 Å². The van der Waals surface area contributed by atoms with Crippen LogP contribution < -0.4 is 0 Å². The average molecular weight is 221 g/mol. The van der Waals surface area contributed by atoms with Crippen molar-refractivity contribution in [3.63, 3.8) is 0 Å². The minimum atomic E-state index is -0.357.